The second-order valence-electron chi connectivity index (χ2n) is 9.18. The van der Waals surface area contributed by atoms with Crippen molar-refractivity contribution in [2.24, 2.45) is 11.8 Å². The Balaban J connectivity index is 0.00000289. The molecule has 4 rings (SSSR count). The number of halogens is 4. The molecule has 2 aromatic rings. The van der Waals surface area contributed by atoms with E-state index in [-0.39, 0.29) is 12.4 Å². The fraction of sp³-hybridized carbons (Fsp3) is 0.520. The molecule has 0 bridgehead atoms. The topological polar surface area (TPSA) is 15.7 Å². The van der Waals surface area contributed by atoms with Gasteiger partial charge in [0.2, 0.25) is 0 Å². The highest BCUT2D eigenvalue weighted by molar-refractivity contribution is 5.85. The molecule has 0 unspecified atom stereocenters. The summed E-state index contributed by atoms with van der Waals surface area (Å²) >= 11 is 0. The lowest BCUT2D eigenvalue weighted by Gasteiger charge is -2.39. The van der Waals surface area contributed by atoms with E-state index in [1.165, 1.54) is 36.2 Å². The third-order valence-electron chi connectivity index (χ3n) is 6.51. The van der Waals surface area contributed by atoms with E-state index in [0.717, 1.165) is 44.1 Å². The minimum absolute atomic E-state index is 0. The third kappa shape index (κ3) is 6.32. The predicted octanol–water partition coefficient (Wildman–Crippen LogP) is 6.09. The first-order chi connectivity index (χ1) is 14.8. The second kappa shape index (κ2) is 10.3. The van der Waals surface area contributed by atoms with Crippen LogP contribution in [0.25, 0.3) is 0 Å². The van der Waals surface area contributed by atoms with Gasteiger partial charge in [-0.15, -0.1) is 12.4 Å². The summed E-state index contributed by atoms with van der Waals surface area (Å²) < 4.78 is 44.4. The molecule has 1 saturated heterocycles. The first-order valence-corrected chi connectivity index (χ1v) is 11.1. The van der Waals surface area contributed by atoms with Gasteiger partial charge in [0, 0.05) is 38.8 Å². The van der Waals surface area contributed by atoms with Crippen molar-refractivity contribution < 1.29 is 17.9 Å². The molecule has 2 aromatic carbocycles. The summed E-state index contributed by atoms with van der Waals surface area (Å²) in [7, 11) is 4.07. The number of alkyl halides is 3. The van der Waals surface area contributed by atoms with Gasteiger partial charge < -0.3 is 14.5 Å². The summed E-state index contributed by atoms with van der Waals surface area (Å²) in [5, 5.41) is 0. The Labute approximate surface area is 195 Å². The Bertz CT molecular complexity index is 851. The lowest BCUT2D eigenvalue weighted by Crippen LogP contribution is -2.42. The Kier molecular flexibility index (Phi) is 7.99. The highest BCUT2D eigenvalue weighted by atomic mass is 35.5. The molecule has 0 amide bonds. The highest BCUT2D eigenvalue weighted by Crippen LogP contribution is 2.37. The van der Waals surface area contributed by atoms with Crippen molar-refractivity contribution in [2.45, 2.75) is 31.4 Å². The molecule has 0 spiro atoms. The van der Waals surface area contributed by atoms with Crippen LogP contribution in [0.15, 0.2) is 48.5 Å². The van der Waals surface area contributed by atoms with Crippen molar-refractivity contribution in [3.8, 4) is 5.75 Å². The summed E-state index contributed by atoms with van der Waals surface area (Å²) in [5.74, 6) is 2.03. The molecule has 3 nitrogen and oxygen atoms in total. The van der Waals surface area contributed by atoms with Crippen molar-refractivity contribution in [1.82, 2.24) is 4.90 Å². The van der Waals surface area contributed by atoms with E-state index >= 15 is 0 Å². The fourth-order valence-corrected chi connectivity index (χ4v) is 4.51. The quantitative estimate of drug-likeness (QED) is 0.489. The Hall–Kier alpha value is -1.92. The van der Waals surface area contributed by atoms with Crippen molar-refractivity contribution >= 4 is 18.1 Å². The normalized spacial score (nSPS) is 21.7. The molecule has 0 N–H and O–H groups in total. The minimum atomic E-state index is -4.32. The van der Waals surface area contributed by atoms with Gasteiger partial charge in [-0.3, -0.25) is 0 Å². The van der Waals surface area contributed by atoms with Gasteiger partial charge in [-0.25, -0.2) is 0 Å². The number of hydrogen-bond acceptors (Lipinski definition) is 3. The summed E-state index contributed by atoms with van der Waals surface area (Å²) in [6, 6.07) is 13.8. The number of hydrogen-bond donors (Lipinski definition) is 0. The zero-order valence-corrected chi connectivity index (χ0v) is 19.5. The van der Waals surface area contributed by atoms with E-state index in [2.05, 4.69) is 34.1 Å². The summed E-state index contributed by atoms with van der Waals surface area (Å²) in [6.07, 6.45) is -0.582. The van der Waals surface area contributed by atoms with Gasteiger partial charge in [0.05, 0.1) is 12.2 Å². The maximum atomic E-state index is 12.8. The standard InChI is InChI=1S/C25H31F3N2O.ClH/c1-29(2)22-9-5-19(6-10-22)24-13-14-30(15-18-3-4-18)16-20(24)17-31-23-11-7-21(8-12-23)25(26,27)28;/h5-12,18,20,24H,3-4,13-17H2,1-2H3;1H/t20-,24-;/m1./s1. The van der Waals surface area contributed by atoms with Crippen molar-refractivity contribution in [2.75, 3.05) is 45.2 Å². The van der Waals surface area contributed by atoms with Gasteiger partial charge in [-0.1, -0.05) is 12.1 Å². The summed E-state index contributed by atoms with van der Waals surface area (Å²) in [5.41, 5.74) is 1.84. The molecule has 7 heteroatoms. The second-order valence-corrected chi connectivity index (χ2v) is 9.18. The lowest BCUT2D eigenvalue weighted by molar-refractivity contribution is -0.137. The van der Waals surface area contributed by atoms with Crippen LogP contribution in [0.3, 0.4) is 0 Å². The van der Waals surface area contributed by atoms with Crippen LogP contribution in [0.1, 0.15) is 36.3 Å². The Morgan fingerprint density at radius 2 is 1.62 bits per heavy atom. The molecule has 2 fully saturated rings. The van der Waals surface area contributed by atoms with E-state index in [4.69, 9.17) is 4.74 Å². The van der Waals surface area contributed by atoms with Crippen molar-refractivity contribution in [1.29, 1.82) is 0 Å². The van der Waals surface area contributed by atoms with E-state index in [1.54, 1.807) is 0 Å². The van der Waals surface area contributed by atoms with E-state index in [9.17, 15) is 13.2 Å². The van der Waals surface area contributed by atoms with E-state index in [0.29, 0.717) is 24.2 Å². The maximum Gasteiger partial charge on any atom is 0.416 e. The predicted molar refractivity (Wildman–Crippen MR) is 125 cm³/mol. The molecular formula is C25H32ClF3N2O. The lowest BCUT2D eigenvalue weighted by atomic mass is 9.80. The smallest absolute Gasteiger partial charge is 0.416 e. The van der Waals surface area contributed by atoms with Crippen LogP contribution in [0.5, 0.6) is 5.75 Å². The van der Waals surface area contributed by atoms with Gasteiger partial charge in [0.15, 0.2) is 0 Å². The van der Waals surface area contributed by atoms with Gasteiger partial charge in [-0.2, -0.15) is 13.2 Å². The molecule has 0 radical (unpaired) electrons. The van der Waals surface area contributed by atoms with Crippen LogP contribution >= 0.6 is 12.4 Å². The number of ether oxygens (including phenoxy) is 1. The largest absolute Gasteiger partial charge is 0.493 e. The van der Waals surface area contributed by atoms with Crippen molar-refractivity contribution in [3.63, 3.8) is 0 Å². The SMILES string of the molecule is CN(C)c1ccc([C@H]2CCN(CC3CC3)C[C@@H]2COc2ccc(C(F)(F)F)cc2)cc1.Cl. The molecule has 2 atom stereocenters. The average Bonchev–Trinajstić information content (AvgIpc) is 3.56. The summed E-state index contributed by atoms with van der Waals surface area (Å²) in [4.78, 5) is 4.64. The molecule has 2 aliphatic rings. The first-order valence-electron chi connectivity index (χ1n) is 11.1. The first kappa shape index (κ1) is 24.7. The molecule has 32 heavy (non-hydrogen) atoms. The molecule has 1 saturated carbocycles. The van der Waals surface area contributed by atoms with Crippen LogP contribution in [0.2, 0.25) is 0 Å². The third-order valence-corrected chi connectivity index (χ3v) is 6.51. The number of likely N-dealkylation sites (tertiary alicyclic amines) is 1. The van der Waals surface area contributed by atoms with Gasteiger partial charge in [0.25, 0.3) is 0 Å². The minimum Gasteiger partial charge on any atom is -0.493 e. The zero-order chi connectivity index (χ0) is 22.0. The number of anilines is 1. The monoisotopic (exact) mass is 468 g/mol. The number of benzene rings is 2. The van der Waals surface area contributed by atoms with Crippen molar-refractivity contribution in [3.05, 3.63) is 59.7 Å². The van der Waals surface area contributed by atoms with Crippen LogP contribution in [0.4, 0.5) is 18.9 Å². The molecule has 176 valence electrons. The highest BCUT2D eigenvalue weighted by Gasteiger charge is 2.34. The van der Waals surface area contributed by atoms with Crippen LogP contribution in [0, 0.1) is 11.8 Å². The fourth-order valence-electron chi connectivity index (χ4n) is 4.51. The van der Waals surface area contributed by atoms with E-state index < -0.39 is 11.7 Å². The number of nitrogens with zero attached hydrogens (tertiary/aromatic N) is 2. The van der Waals surface area contributed by atoms with Gasteiger partial charge in [-0.05, 0) is 79.6 Å². The number of piperidine rings is 1. The van der Waals surface area contributed by atoms with Crippen LogP contribution in [-0.4, -0.2) is 45.2 Å². The molecule has 1 heterocycles. The van der Waals surface area contributed by atoms with Crippen LogP contribution in [-0.2, 0) is 6.18 Å². The maximum absolute atomic E-state index is 12.8. The molecule has 0 aromatic heterocycles. The Morgan fingerprint density at radius 1 is 0.969 bits per heavy atom. The summed E-state index contributed by atoms with van der Waals surface area (Å²) in [6.45, 7) is 3.72. The van der Waals surface area contributed by atoms with Gasteiger partial charge in [0.1, 0.15) is 5.75 Å². The molecular weight excluding hydrogens is 437 g/mol. The van der Waals surface area contributed by atoms with E-state index in [1.807, 2.05) is 14.1 Å². The number of rotatable bonds is 7. The molecule has 1 aliphatic carbocycles. The zero-order valence-electron chi connectivity index (χ0n) is 18.6. The Morgan fingerprint density at radius 3 is 2.19 bits per heavy atom. The average molecular weight is 469 g/mol. The van der Waals surface area contributed by atoms with Gasteiger partial charge >= 0.3 is 6.18 Å². The van der Waals surface area contributed by atoms with Crippen LogP contribution < -0.4 is 9.64 Å². The molecule has 1 aliphatic heterocycles.